The Morgan fingerprint density at radius 1 is 1.55 bits per heavy atom. The molecule has 0 amide bonds. The molecule has 0 aromatic heterocycles. The van der Waals surface area contributed by atoms with Gasteiger partial charge in [-0.15, -0.1) is 0 Å². The van der Waals surface area contributed by atoms with Crippen molar-refractivity contribution in [2.45, 2.75) is 0 Å². The molecule has 0 aliphatic rings. The summed E-state index contributed by atoms with van der Waals surface area (Å²) in [6.45, 7) is 0. The lowest BCUT2D eigenvalue weighted by molar-refractivity contribution is 0.0765. The molecule has 0 saturated carbocycles. The van der Waals surface area contributed by atoms with Gasteiger partial charge >= 0.3 is 5.97 Å². The minimum atomic E-state index is -0.325. The van der Waals surface area contributed by atoms with Crippen molar-refractivity contribution in [1.29, 1.82) is 0 Å². The van der Waals surface area contributed by atoms with Crippen LogP contribution in [0.2, 0.25) is 0 Å². The van der Waals surface area contributed by atoms with E-state index >= 15 is 0 Å². The van der Waals surface area contributed by atoms with Crippen molar-refractivity contribution >= 4 is 38.0 Å². The van der Waals surface area contributed by atoms with Crippen molar-refractivity contribution in [3.63, 3.8) is 0 Å². The van der Waals surface area contributed by atoms with Crippen LogP contribution in [0.3, 0.4) is 0 Å². The van der Waals surface area contributed by atoms with E-state index in [1.165, 1.54) is 0 Å². The molecule has 0 fully saturated rings. The summed E-state index contributed by atoms with van der Waals surface area (Å²) in [6, 6.07) is 7.22. The highest BCUT2D eigenvalue weighted by molar-refractivity contribution is 14.1. The second-order valence-electron chi connectivity index (χ2n) is 1.92. The molecule has 58 valence electrons. The van der Waals surface area contributed by atoms with Gasteiger partial charge in [-0.3, -0.25) is 0 Å². The zero-order valence-corrected chi connectivity index (χ0v) is 8.89. The number of hydrogen-bond acceptors (Lipinski definition) is 2. The van der Waals surface area contributed by atoms with Crippen molar-refractivity contribution < 1.29 is 9.32 Å². The Balaban J connectivity index is 2.96. The van der Waals surface area contributed by atoms with Crippen LogP contribution >= 0.6 is 32.1 Å². The second-order valence-corrected chi connectivity index (χ2v) is 3.40. The van der Waals surface area contributed by atoms with Crippen LogP contribution in [0.4, 0.5) is 0 Å². The average molecular weight is 280 g/mol. The van der Waals surface area contributed by atoms with Gasteiger partial charge in [0.25, 0.3) is 0 Å². The molecule has 0 saturated heterocycles. The highest BCUT2D eigenvalue weighted by atomic mass is 127. The normalized spacial score (nSPS) is 9.27. The van der Waals surface area contributed by atoms with E-state index in [1.807, 2.05) is 21.6 Å². The van der Waals surface area contributed by atoms with Crippen LogP contribution in [-0.2, 0) is 4.52 Å². The summed E-state index contributed by atoms with van der Waals surface area (Å²) in [6.07, 6.45) is 0. The molecule has 0 heterocycles. The molecular weight excluding hydrogens is 274 g/mol. The Morgan fingerprint density at radius 3 is 2.82 bits per heavy atom. The molecular formula is C7H6IO2P. The van der Waals surface area contributed by atoms with Gasteiger partial charge in [-0.1, -0.05) is 6.07 Å². The fraction of sp³-hybridized carbons (Fsp3) is 0. The predicted octanol–water partition coefficient (Wildman–Crippen LogP) is 2.24. The summed E-state index contributed by atoms with van der Waals surface area (Å²) in [5.41, 5.74) is 0.576. The largest absolute Gasteiger partial charge is 0.448 e. The SMILES string of the molecule is O=C(OP)c1cccc(I)c1. The predicted molar refractivity (Wildman–Crippen MR) is 54.3 cm³/mol. The van der Waals surface area contributed by atoms with E-state index in [2.05, 4.69) is 27.1 Å². The average Bonchev–Trinajstić information content (AvgIpc) is 2.03. The molecule has 2 nitrogen and oxygen atoms in total. The monoisotopic (exact) mass is 280 g/mol. The van der Waals surface area contributed by atoms with Crippen LogP contribution in [0.5, 0.6) is 0 Å². The summed E-state index contributed by atoms with van der Waals surface area (Å²) in [5, 5.41) is 0. The van der Waals surface area contributed by atoms with Gasteiger partial charge in [-0.2, -0.15) is 0 Å². The summed E-state index contributed by atoms with van der Waals surface area (Å²) in [5.74, 6) is -0.325. The van der Waals surface area contributed by atoms with E-state index in [-0.39, 0.29) is 5.97 Å². The Bertz CT molecular complexity index is 275. The zero-order chi connectivity index (χ0) is 8.27. The number of halogens is 1. The minimum Gasteiger partial charge on any atom is -0.448 e. The van der Waals surface area contributed by atoms with Gasteiger partial charge in [0.05, 0.1) is 15.0 Å². The third-order valence-electron chi connectivity index (χ3n) is 1.17. The molecule has 0 N–H and O–H groups in total. The lowest BCUT2D eigenvalue weighted by atomic mass is 10.2. The first-order valence-corrected chi connectivity index (χ1v) is 4.45. The maximum Gasteiger partial charge on any atom is 0.340 e. The molecule has 1 aromatic rings. The quantitative estimate of drug-likeness (QED) is 0.582. The van der Waals surface area contributed by atoms with Crippen molar-refractivity contribution in [2.24, 2.45) is 0 Å². The molecule has 0 radical (unpaired) electrons. The number of carbonyl (C=O) groups is 1. The number of rotatable bonds is 1. The van der Waals surface area contributed by atoms with E-state index < -0.39 is 0 Å². The maximum absolute atomic E-state index is 10.9. The van der Waals surface area contributed by atoms with Gasteiger partial charge in [-0.05, 0) is 40.8 Å². The molecule has 4 heteroatoms. The molecule has 0 bridgehead atoms. The van der Waals surface area contributed by atoms with Gasteiger partial charge in [0, 0.05) is 3.57 Å². The lowest BCUT2D eigenvalue weighted by Crippen LogP contribution is -1.96. The number of hydrogen-bond donors (Lipinski definition) is 0. The molecule has 1 rings (SSSR count). The summed E-state index contributed by atoms with van der Waals surface area (Å²) >= 11 is 2.14. The number of carbonyl (C=O) groups excluding carboxylic acids is 1. The molecule has 0 aliphatic carbocycles. The van der Waals surface area contributed by atoms with Crippen molar-refractivity contribution in [1.82, 2.24) is 0 Å². The van der Waals surface area contributed by atoms with Gasteiger partial charge in [0.15, 0.2) is 0 Å². The summed E-state index contributed by atoms with van der Waals surface area (Å²) in [7, 11) is 1.93. The standard InChI is InChI=1S/C7H6IO2P/c8-6-3-1-2-5(4-6)7(9)10-11/h1-4H,11H2. The van der Waals surface area contributed by atoms with Gasteiger partial charge in [0.2, 0.25) is 0 Å². The smallest absolute Gasteiger partial charge is 0.340 e. The first-order chi connectivity index (χ1) is 5.24. The Morgan fingerprint density at radius 2 is 2.27 bits per heavy atom. The Kier molecular flexibility index (Phi) is 3.27. The third kappa shape index (κ3) is 2.42. The van der Waals surface area contributed by atoms with Crippen LogP contribution in [0.1, 0.15) is 10.4 Å². The van der Waals surface area contributed by atoms with Crippen LogP contribution in [0.15, 0.2) is 24.3 Å². The Labute approximate surface area is 80.7 Å². The zero-order valence-electron chi connectivity index (χ0n) is 5.58. The maximum atomic E-state index is 10.9. The lowest BCUT2D eigenvalue weighted by Gasteiger charge is -1.97. The van der Waals surface area contributed by atoms with Crippen LogP contribution in [-0.4, -0.2) is 5.97 Å². The fourth-order valence-corrected chi connectivity index (χ4v) is 1.36. The van der Waals surface area contributed by atoms with E-state index in [9.17, 15) is 4.79 Å². The van der Waals surface area contributed by atoms with E-state index in [1.54, 1.807) is 12.1 Å². The minimum absolute atomic E-state index is 0.325. The molecule has 0 aliphatic heterocycles. The summed E-state index contributed by atoms with van der Waals surface area (Å²) < 4.78 is 5.49. The van der Waals surface area contributed by atoms with Crippen molar-refractivity contribution in [3.8, 4) is 0 Å². The first kappa shape index (κ1) is 8.94. The van der Waals surface area contributed by atoms with Crippen LogP contribution < -0.4 is 0 Å². The van der Waals surface area contributed by atoms with Crippen molar-refractivity contribution in [3.05, 3.63) is 33.4 Å². The molecule has 1 unspecified atom stereocenters. The Hall–Kier alpha value is -0.150. The van der Waals surface area contributed by atoms with Gasteiger partial charge in [-0.25, -0.2) is 4.79 Å². The number of benzene rings is 1. The first-order valence-electron chi connectivity index (χ1n) is 2.90. The molecule has 1 aromatic carbocycles. The van der Waals surface area contributed by atoms with Crippen LogP contribution in [0.25, 0.3) is 0 Å². The van der Waals surface area contributed by atoms with E-state index in [0.717, 1.165) is 3.57 Å². The second kappa shape index (κ2) is 4.02. The molecule has 0 spiro atoms. The highest BCUT2D eigenvalue weighted by Crippen LogP contribution is 2.09. The topological polar surface area (TPSA) is 26.3 Å². The van der Waals surface area contributed by atoms with Crippen molar-refractivity contribution in [2.75, 3.05) is 0 Å². The molecule has 11 heavy (non-hydrogen) atoms. The fourth-order valence-electron chi connectivity index (χ4n) is 0.683. The third-order valence-corrected chi connectivity index (χ3v) is 2.05. The van der Waals surface area contributed by atoms with E-state index in [0.29, 0.717) is 5.56 Å². The van der Waals surface area contributed by atoms with Crippen LogP contribution in [0, 0.1) is 3.57 Å². The molecule has 1 atom stereocenters. The van der Waals surface area contributed by atoms with Gasteiger partial charge in [0.1, 0.15) is 0 Å². The van der Waals surface area contributed by atoms with E-state index in [4.69, 9.17) is 0 Å². The summed E-state index contributed by atoms with van der Waals surface area (Å²) in [4.78, 5) is 10.9. The van der Waals surface area contributed by atoms with Gasteiger partial charge < -0.3 is 4.52 Å². The highest BCUT2D eigenvalue weighted by Gasteiger charge is 2.03.